The maximum atomic E-state index is 12.8. The second-order valence-corrected chi connectivity index (χ2v) is 8.12. The summed E-state index contributed by atoms with van der Waals surface area (Å²) in [6, 6.07) is 10.4. The Kier molecular flexibility index (Phi) is 5.22. The van der Waals surface area contributed by atoms with Crippen LogP contribution in [0.5, 0.6) is 0 Å². The average molecular weight is 385 g/mol. The van der Waals surface area contributed by atoms with Crippen LogP contribution in [0.2, 0.25) is 0 Å². The Labute approximate surface area is 163 Å². The van der Waals surface area contributed by atoms with E-state index < -0.39 is 0 Å². The van der Waals surface area contributed by atoms with Crippen LogP contribution in [-0.2, 0) is 16.1 Å². The normalized spacial score (nSPS) is 24.8. The van der Waals surface area contributed by atoms with Crippen molar-refractivity contribution in [3.05, 3.63) is 53.0 Å². The Morgan fingerprint density at radius 3 is 2.74 bits per heavy atom. The summed E-state index contributed by atoms with van der Waals surface area (Å²) < 4.78 is 4.20. The molecule has 142 valence electrons. The minimum atomic E-state index is -0.172. The van der Waals surface area contributed by atoms with Crippen LogP contribution < -0.4 is 5.32 Å². The zero-order valence-corrected chi connectivity index (χ0v) is 16.2. The maximum absolute atomic E-state index is 12.8. The highest BCUT2D eigenvalue weighted by molar-refractivity contribution is 7.03. The molecule has 2 aliphatic rings. The third-order valence-electron chi connectivity index (χ3n) is 5.58. The minimum absolute atomic E-state index is 0.00189. The molecule has 0 saturated carbocycles. The molecule has 3 heterocycles. The second-order valence-electron chi connectivity index (χ2n) is 7.46. The molecule has 2 fully saturated rings. The number of nitrogens with zero attached hydrogens (tertiary/aromatic N) is 3. The molecule has 7 heteroatoms. The highest BCUT2D eigenvalue weighted by Crippen LogP contribution is 2.45. The molecule has 2 aromatic rings. The summed E-state index contributed by atoms with van der Waals surface area (Å²) in [7, 11) is 0. The molecule has 0 radical (unpaired) electrons. The van der Waals surface area contributed by atoms with Gasteiger partial charge in [-0.2, -0.15) is 0 Å². The van der Waals surface area contributed by atoms with Gasteiger partial charge in [-0.1, -0.05) is 30.3 Å². The fraction of sp³-hybridized carbons (Fsp3) is 0.450. The van der Waals surface area contributed by atoms with Crippen molar-refractivity contribution < 1.29 is 9.59 Å². The van der Waals surface area contributed by atoms with Crippen molar-refractivity contribution in [2.45, 2.75) is 19.5 Å². The van der Waals surface area contributed by atoms with Gasteiger partial charge in [0.1, 0.15) is 0 Å². The summed E-state index contributed by atoms with van der Waals surface area (Å²) >= 11 is 1.49. The molecule has 1 aromatic carbocycles. The van der Waals surface area contributed by atoms with Gasteiger partial charge < -0.3 is 10.2 Å². The number of aromatic nitrogens is 1. The Hall–Kier alpha value is -2.25. The van der Waals surface area contributed by atoms with Gasteiger partial charge in [0.25, 0.3) is 0 Å². The van der Waals surface area contributed by atoms with E-state index in [1.807, 2.05) is 29.3 Å². The second kappa shape index (κ2) is 7.78. The molecule has 0 spiro atoms. The first-order valence-electron chi connectivity index (χ1n) is 9.31. The van der Waals surface area contributed by atoms with Crippen LogP contribution in [0.25, 0.3) is 0 Å². The standard InChI is InChI=1S/C20H24N4O2S/c1-14(25)21-8-19(26)24-11-17-10-23(9-15-7-22-27-13-15)12-18(17)20(24)16-5-3-2-4-6-16/h2-7,13,17-18,20H,8-12H2,1H3,(H,21,25)/t17-,18-,20+/m0/s1. The van der Waals surface area contributed by atoms with Gasteiger partial charge in [-0.15, -0.1) is 0 Å². The molecule has 0 unspecified atom stereocenters. The number of nitrogens with one attached hydrogen (secondary N) is 1. The first-order valence-corrected chi connectivity index (χ1v) is 10.1. The minimum Gasteiger partial charge on any atom is -0.347 e. The summed E-state index contributed by atoms with van der Waals surface area (Å²) in [5, 5.41) is 4.76. The number of carbonyl (C=O) groups excluding carboxylic acids is 2. The molecule has 1 N–H and O–H groups in total. The predicted molar refractivity (Wildman–Crippen MR) is 104 cm³/mol. The van der Waals surface area contributed by atoms with Gasteiger partial charge in [0, 0.05) is 50.6 Å². The third kappa shape index (κ3) is 3.89. The molecule has 4 rings (SSSR count). The molecule has 0 bridgehead atoms. The molecule has 0 aliphatic carbocycles. The van der Waals surface area contributed by atoms with E-state index in [4.69, 9.17) is 0 Å². The number of likely N-dealkylation sites (tertiary alicyclic amines) is 2. The van der Waals surface area contributed by atoms with Crippen LogP contribution >= 0.6 is 11.5 Å². The van der Waals surface area contributed by atoms with Crippen molar-refractivity contribution in [1.82, 2.24) is 19.5 Å². The smallest absolute Gasteiger partial charge is 0.242 e. The average Bonchev–Trinajstić information content (AvgIpc) is 3.37. The van der Waals surface area contributed by atoms with E-state index >= 15 is 0 Å². The zero-order chi connectivity index (χ0) is 18.8. The van der Waals surface area contributed by atoms with Gasteiger partial charge in [0.05, 0.1) is 12.6 Å². The van der Waals surface area contributed by atoms with Gasteiger partial charge in [0.15, 0.2) is 0 Å². The van der Waals surface area contributed by atoms with Crippen LogP contribution in [0.1, 0.15) is 24.1 Å². The Balaban J connectivity index is 1.52. The topological polar surface area (TPSA) is 65.5 Å². The third-order valence-corrected chi connectivity index (χ3v) is 6.21. The first kappa shape index (κ1) is 18.1. The van der Waals surface area contributed by atoms with Gasteiger partial charge in [-0.3, -0.25) is 14.5 Å². The Morgan fingerprint density at radius 1 is 1.22 bits per heavy atom. The van der Waals surface area contributed by atoms with E-state index in [1.54, 1.807) is 0 Å². The molecule has 1 aromatic heterocycles. The lowest BCUT2D eigenvalue weighted by atomic mass is 9.89. The molecule has 6 nitrogen and oxygen atoms in total. The SMILES string of the molecule is CC(=O)NCC(=O)N1C[C@@H]2CN(Cc3cnsc3)C[C@@H]2[C@H]1c1ccccc1. The summed E-state index contributed by atoms with van der Waals surface area (Å²) in [6.45, 7) is 5.16. The lowest BCUT2D eigenvalue weighted by Gasteiger charge is -2.30. The first-order chi connectivity index (χ1) is 13.1. The van der Waals surface area contributed by atoms with Crippen molar-refractivity contribution in [2.75, 3.05) is 26.2 Å². The molecule has 3 atom stereocenters. The number of amides is 2. The molecule has 27 heavy (non-hydrogen) atoms. The Morgan fingerprint density at radius 2 is 2.04 bits per heavy atom. The predicted octanol–water partition coefficient (Wildman–Crippen LogP) is 1.91. The zero-order valence-electron chi connectivity index (χ0n) is 15.4. The highest BCUT2D eigenvalue weighted by Gasteiger charge is 2.48. The molecule has 2 aliphatic heterocycles. The van der Waals surface area contributed by atoms with Crippen molar-refractivity contribution in [3.8, 4) is 0 Å². The van der Waals surface area contributed by atoms with E-state index in [0.717, 1.165) is 26.2 Å². The van der Waals surface area contributed by atoms with E-state index in [2.05, 4.69) is 32.1 Å². The van der Waals surface area contributed by atoms with Gasteiger partial charge in [-0.05, 0) is 28.6 Å². The van der Waals surface area contributed by atoms with E-state index in [0.29, 0.717) is 11.8 Å². The highest BCUT2D eigenvalue weighted by atomic mass is 32.1. The Bertz CT molecular complexity index is 796. The number of benzene rings is 1. The van der Waals surface area contributed by atoms with Crippen LogP contribution in [-0.4, -0.2) is 52.2 Å². The maximum Gasteiger partial charge on any atom is 0.242 e. The summed E-state index contributed by atoms with van der Waals surface area (Å²) in [6.07, 6.45) is 1.94. The van der Waals surface area contributed by atoms with Crippen molar-refractivity contribution in [3.63, 3.8) is 0 Å². The molecule has 2 saturated heterocycles. The van der Waals surface area contributed by atoms with Crippen LogP contribution in [0.4, 0.5) is 0 Å². The summed E-state index contributed by atoms with van der Waals surface area (Å²) in [5.74, 6) is 0.708. The van der Waals surface area contributed by atoms with Crippen LogP contribution in [0.3, 0.4) is 0 Å². The van der Waals surface area contributed by atoms with Crippen molar-refractivity contribution >= 4 is 23.3 Å². The van der Waals surface area contributed by atoms with E-state index in [-0.39, 0.29) is 24.4 Å². The van der Waals surface area contributed by atoms with Gasteiger partial charge in [-0.25, -0.2) is 4.37 Å². The quantitative estimate of drug-likeness (QED) is 0.855. The van der Waals surface area contributed by atoms with Crippen LogP contribution in [0.15, 0.2) is 41.9 Å². The van der Waals surface area contributed by atoms with Crippen LogP contribution in [0, 0.1) is 11.8 Å². The van der Waals surface area contributed by atoms with Crippen molar-refractivity contribution in [1.29, 1.82) is 0 Å². The lowest BCUT2D eigenvalue weighted by Crippen LogP contribution is -2.41. The largest absolute Gasteiger partial charge is 0.347 e. The van der Waals surface area contributed by atoms with E-state index in [9.17, 15) is 9.59 Å². The molecular formula is C20H24N4O2S. The molecular weight excluding hydrogens is 360 g/mol. The summed E-state index contributed by atoms with van der Waals surface area (Å²) in [5.41, 5.74) is 2.44. The monoisotopic (exact) mass is 384 g/mol. The van der Waals surface area contributed by atoms with E-state index in [1.165, 1.54) is 29.6 Å². The fourth-order valence-corrected chi connectivity index (χ4v) is 4.99. The fourth-order valence-electron chi connectivity index (χ4n) is 4.46. The van der Waals surface area contributed by atoms with Gasteiger partial charge in [0.2, 0.25) is 11.8 Å². The number of hydrogen-bond donors (Lipinski definition) is 1. The number of carbonyl (C=O) groups is 2. The number of rotatable bonds is 5. The van der Waals surface area contributed by atoms with Gasteiger partial charge >= 0.3 is 0 Å². The number of fused-ring (bicyclic) bond motifs is 1. The van der Waals surface area contributed by atoms with Crippen molar-refractivity contribution in [2.24, 2.45) is 11.8 Å². The number of hydrogen-bond acceptors (Lipinski definition) is 5. The summed E-state index contributed by atoms with van der Waals surface area (Å²) in [4.78, 5) is 28.5. The molecule has 2 amide bonds. The lowest BCUT2D eigenvalue weighted by molar-refractivity contribution is -0.133.